The van der Waals surface area contributed by atoms with Gasteiger partial charge in [0.05, 0.1) is 77.9 Å². The topological polar surface area (TPSA) is 262 Å². The second-order valence-corrected chi connectivity index (χ2v) is 25.3. The molecule has 2 saturated heterocycles. The minimum absolute atomic E-state index is 0.168. The van der Waals surface area contributed by atoms with Crippen LogP contribution >= 0.6 is 0 Å². The van der Waals surface area contributed by atoms with E-state index < -0.39 is 32.1 Å². The average Bonchev–Trinajstić information content (AvgIpc) is 3.51. The van der Waals surface area contributed by atoms with Gasteiger partial charge in [-0.25, -0.2) is 36.9 Å². The van der Waals surface area contributed by atoms with E-state index in [2.05, 4.69) is 31.1 Å². The van der Waals surface area contributed by atoms with Crippen LogP contribution in [0.15, 0.2) is 131 Å². The molecule has 6 N–H and O–H groups in total. The third-order valence-electron chi connectivity index (χ3n) is 13.6. The first-order valence-corrected chi connectivity index (χ1v) is 31.0. The molecule has 0 aliphatic carbocycles. The maximum atomic E-state index is 13.4. The summed E-state index contributed by atoms with van der Waals surface area (Å²) in [5, 5.41) is 22.9. The van der Waals surface area contributed by atoms with Gasteiger partial charge >= 0.3 is 12.1 Å². The molecule has 24 heteroatoms. The maximum absolute atomic E-state index is 13.4. The van der Waals surface area contributed by atoms with E-state index in [9.17, 15) is 18.0 Å². The number of carbonyl (C=O) groups is 2. The minimum atomic E-state index is -3.35. The van der Waals surface area contributed by atoms with Crippen molar-refractivity contribution in [3.8, 4) is 22.9 Å². The van der Waals surface area contributed by atoms with Gasteiger partial charge in [-0.3, -0.25) is 28.8 Å². The molecule has 2 atom stereocenters. The predicted octanol–water partition coefficient (Wildman–Crippen LogP) is 10.9. The lowest BCUT2D eigenvalue weighted by Crippen LogP contribution is -2.38. The van der Waals surface area contributed by atoms with Crippen molar-refractivity contribution in [2.75, 3.05) is 113 Å². The highest BCUT2D eigenvalue weighted by molar-refractivity contribution is 7.88. The highest BCUT2D eigenvalue weighted by atomic mass is 32.2. The number of aromatic nitrogens is 4. The SMILES string of the molecule is CCOS(=N)(=O)c1ccc(-n2nc(C(C)(C)C)cc2NC(=O)Nc2ccc(OCCN3CCOCC3)c3ccccc23)cc1.CCOS(=N)(=O)c1ccc(-n2nc(C(C)(C)C)cc2NC(=O)Nc2ccc(OCCN3CCOCC3)cc2)cc1. The van der Waals surface area contributed by atoms with Crippen molar-refractivity contribution in [1.29, 1.82) is 9.56 Å². The third-order valence-corrected chi connectivity index (χ3v) is 16.5. The zero-order valence-electron chi connectivity index (χ0n) is 49.0. The highest BCUT2D eigenvalue weighted by Gasteiger charge is 2.25. The summed E-state index contributed by atoms with van der Waals surface area (Å²) in [6.45, 7) is 25.4. The van der Waals surface area contributed by atoms with Gasteiger partial charge in [0.2, 0.25) is 0 Å². The Hall–Kier alpha value is -7.42. The van der Waals surface area contributed by atoms with E-state index in [0.717, 1.165) is 99.4 Å². The summed E-state index contributed by atoms with van der Waals surface area (Å²) in [6.07, 6.45) is 0. The summed E-state index contributed by atoms with van der Waals surface area (Å²) < 4.78 is 77.2. The van der Waals surface area contributed by atoms with Gasteiger partial charge in [-0.1, -0.05) is 65.8 Å². The van der Waals surface area contributed by atoms with E-state index in [4.69, 9.17) is 47.1 Å². The first-order valence-electron chi connectivity index (χ1n) is 28.0. The number of morpholine rings is 2. The fourth-order valence-corrected chi connectivity index (χ4v) is 10.9. The van der Waals surface area contributed by atoms with E-state index in [1.807, 2.05) is 102 Å². The molecule has 7 aromatic rings. The molecule has 84 heavy (non-hydrogen) atoms. The van der Waals surface area contributed by atoms with Crippen LogP contribution in [0, 0.1) is 9.56 Å². The second-order valence-electron chi connectivity index (χ2n) is 21.9. The lowest BCUT2D eigenvalue weighted by Gasteiger charge is -2.26. The number of ether oxygens (including phenoxy) is 4. The van der Waals surface area contributed by atoms with Crippen LogP contribution in [0.1, 0.15) is 66.8 Å². The normalized spacial score (nSPS) is 15.7. The van der Waals surface area contributed by atoms with Crippen LogP contribution in [0.25, 0.3) is 22.1 Å². The Kier molecular flexibility index (Phi) is 20.9. The number of carbonyl (C=O) groups excluding carboxylic acids is 2. The fraction of sp³-hybridized carbons (Fsp3) is 0.400. The van der Waals surface area contributed by atoms with E-state index >= 15 is 0 Å². The molecule has 5 aromatic carbocycles. The standard InChI is InChI=1S/C32H40N6O5S.C28H38N6O5S/c1-5-43-44(33,40)24-12-10-23(11-13-24)38-30(22-29(36-38)32(2,3)4)35-31(39)34-27-14-15-28(26-9-7-6-8-25(26)27)42-21-18-37-16-19-41-20-17-37;1-5-39-40(29,36)24-12-8-22(9-13-24)34-26(20-25(32-34)28(2,3)4)31-27(35)30-21-6-10-23(11-7-21)38-19-16-33-14-17-37-18-15-33/h6-15,22,33H,5,16-21H2,1-4H3,(H2,34,35,39);6-13,20,29H,5,14-19H2,1-4H3,(H2,30,31,35). The molecule has 4 amide bonds. The molecule has 0 bridgehead atoms. The number of benzene rings is 5. The number of amides is 4. The Bertz CT molecular complexity index is 3550. The van der Waals surface area contributed by atoms with E-state index in [-0.39, 0.29) is 33.8 Å². The molecule has 2 aliphatic heterocycles. The summed E-state index contributed by atoms with van der Waals surface area (Å²) in [7, 11) is -6.68. The van der Waals surface area contributed by atoms with E-state index in [1.54, 1.807) is 83.9 Å². The van der Waals surface area contributed by atoms with Crippen LogP contribution in [0.4, 0.5) is 32.6 Å². The van der Waals surface area contributed by atoms with Gasteiger partial charge in [0.15, 0.2) is 20.0 Å². The number of urea groups is 2. The largest absolute Gasteiger partial charge is 0.492 e. The summed E-state index contributed by atoms with van der Waals surface area (Å²) >= 11 is 0. The smallest absolute Gasteiger partial charge is 0.324 e. The third kappa shape index (κ3) is 16.9. The Morgan fingerprint density at radius 2 is 1.00 bits per heavy atom. The van der Waals surface area contributed by atoms with Crippen molar-refractivity contribution in [3.63, 3.8) is 0 Å². The van der Waals surface area contributed by atoms with Crippen molar-refractivity contribution < 1.29 is 45.3 Å². The zero-order chi connectivity index (χ0) is 60.1. The number of nitrogens with zero attached hydrogens (tertiary/aromatic N) is 6. The van der Waals surface area contributed by atoms with Gasteiger partial charge in [-0.05, 0) is 98.8 Å². The molecule has 2 aromatic heterocycles. The van der Waals surface area contributed by atoms with Gasteiger partial charge < -0.3 is 29.6 Å². The first kappa shape index (κ1) is 62.6. The number of anilines is 4. The Balaban J connectivity index is 0.000000220. The van der Waals surface area contributed by atoms with Crippen molar-refractivity contribution in [3.05, 3.63) is 133 Å². The minimum Gasteiger partial charge on any atom is -0.492 e. The van der Waals surface area contributed by atoms with E-state index in [1.165, 1.54) is 0 Å². The summed E-state index contributed by atoms with van der Waals surface area (Å²) in [6, 6.07) is 34.7. The van der Waals surface area contributed by atoms with Crippen molar-refractivity contribution in [1.82, 2.24) is 29.4 Å². The van der Waals surface area contributed by atoms with Crippen LogP contribution in [0.2, 0.25) is 0 Å². The molecule has 2 unspecified atom stereocenters. The highest BCUT2D eigenvalue weighted by Crippen LogP contribution is 2.33. The Morgan fingerprint density at radius 3 is 1.45 bits per heavy atom. The zero-order valence-corrected chi connectivity index (χ0v) is 50.7. The predicted molar refractivity (Wildman–Crippen MR) is 327 cm³/mol. The van der Waals surface area contributed by atoms with Crippen LogP contribution in [0.5, 0.6) is 11.5 Å². The molecule has 4 heterocycles. The monoisotopic (exact) mass is 1190 g/mol. The summed E-state index contributed by atoms with van der Waals surface area (Å²) in [5.74, 6) is 2.42. The van der Waals surface area contributed by atoms with Gasteiger partial charge in [0.1, 0.15) is 36.3 Å². The lowest BCUT2D eigenvalue weighted by molar-refractivity contribution is 0.0322. The number of nitrogens with one attached hydrogen (secondary N) is 6. The van der Waals surface area contributed by atoms with E-state index in [0.29, 0.717) is 47.6 Å². The lowest BCUT2D eigenvalue weighted by atomic mass is 9.92. The molecule has 0 saturated carbocycles. The Morgan fingerprint density at radius 1 is 0.560 bits per heavy atom. The van der Waals surface area contributed by atoms with Crippen molar-refractivity contribution >= 4 is 65.9 Å². The van der Waals surface area contributed by atoms with Crippen molar-refractivity contribution in [2.45, 2.75) is 76.0 Å². The van der Waals surface area contributed by atoms with Gasteiger partial charge in [-0.15, -0.1) is 0 Å². The van der Waals surface area contributed by atoms with Crippen LogP contribution in [0.3, 0.4) is 0 Å². The van der Waals surface area contributed by atoms with Crippen LogP contribution < -0.4 is 30.7 Å². The number of fused-ring (bicyclic) bond motifs is 1. The molecule has 2 aliphatic rings. The molecule has 0 spiro atoms. The molecular weight excluding hydrogens is 1110 g/mol. The Labute approximate surface area is 492 Å². The van der Waals surface area contributed by atoms with Gasteiger partial charge in [-0.2, -0.15) is 10.2 Å². The summed E-state index contributed by atoms with van der Waals surface area (Å²) in [4.78, 5) is 31.5. The quantitative estimate of drug-likeness (QED) is 0.0415. The summed E-state index contributed by atoms with van der Waals surface area (Å²) in [5.41, 5.74) is 3.55. The molecule has 2 fully saturated rings. The maximum Gasteiger partial charge on any atom is 0.324 e. The van der Waals surface area contributed by atoms with Crippen LogP contribution in [-0.2, 0) is 48.7 Å². The average molecular weight is 1190 g/mol. The molecule has 22 nitrogen and oxygen atoms in total. The van der Waals surface area contributed by atoms with Crippen LogP contribution in [-0.4, -0.2) is 142 Å². The molecule has 0 radical (unpaired) electrons. The number of hydrogen-bond acceptors (Lipinski definition) is 16. The second kappa shape index (κ2) is 28.0. The molecule has 9 rings (SSSR count). The van der Waals surface area contributed by atoms with Crippen molar-refractivity contribution in [2.24, 2.45) is 0 Å². The molecule has 450 valence electrons. The molecular formula is C60H78N12O10S2. The number of hydrogen-bond donors (Lipinski definition) is 6. The number of rotatable bonds is 20. The fourth-order valence-electron chi connectivity index (χ4n) is 8.98. The van der Waals surface area contributed by atoms with Gasteiger partial charge in [0.25, 0.3) is 0 Å². The first-order chi connectivity index (χ1) is 40.1. The van der Waals surface area contributed by atoms with Gasteiger partial charge in [0, 0.05) is 78.7 Å².